The maximum Gasteiger partial charge on any atom is 0.472 e. The van der Waals surface area contributed by atoms with Crippen molar-refractivity contribution in [1.82, 2.24) is 19.5 Å². The van der Waals surface area contributed by atoms with Gasteiger partial charge in [0, 0.05) is 5.92 Å². The van der Waals surface area contributed by atoms with Crippen LogP contribution < -0.4 is 5.73 Å². The number of rotatable bonds is 1. The van der Waals surface area contributed by atoms with Crippen molar-refractivity contribution in [2.24, 2.45) is 5.92 Å². The Morgan fingerprint density at radius 1 is 1.30 bits per heavy atom. The molecule has 2 aromatic rings. The summed E-state index contributed by atoms with van der Waals surface area (Å²) in [6, 6.07) is -0.862. The Balaban J connectivity index is 1.82. The summed E-state index contributed by atoms with van der Waals surface area (Å²) < 4.78 is 23.0. The first kappa shape index (κ1) is 14.9. The molecule has 1 saturated carbocycles. The SMILES string of the molecule is Nc1ncnc2c1ncn2[C@@H]1C2OP(=O)(O)OC[C@@H]2[C@@H](O)[C@H]1O. The molecular weight excluding hydrogens is 329 g/mol. The Morgan fingerprint density at radius 3 is 2.87 bits per heavy atom. The lowest BCUT2D eigenvalue weighted by atomic mass is 10.0. The Hall–Kier alpha value is -1.62. The third-order valence-electron chi connectivity index (χ3n) is 4.29. The van der Waals surface area contributed by atoms with E-state index in [9.17, 15) is 19.7 Å². The normalized spacial score (nSPS) is 40.4. The molecule has 1 saturated heterocycles. The van der Waals surface area contributed by atoms with Gasteiger partial charge in [-0.1, -0.05) is 0 Å². The molecule has 11 nitrogen and oxygen atoms in total. The molecule has 0 bridgehead atoms. The highest BCUT2D eigenvalue weighted by Gasteiger charge is 2.56. The molecule has 6 atom stereocenters. The van der Waals surface area contributed by atoms with Gasteiger partial charge in [-0.2, -0.15) is 0 Å². The van der Waals surface area contributed by atoms with Crippen molar-refractivity contribution in [2.75, 3.05) is 12.3 Å². The summed E-state index contributed by atoms with van der Waals surface area (Å²) in [5.74, 6) is -0.486. The second kappa shape index (κ2) is 4.94. The van der Waals surface area contributed by atoms with Crippen molar-refractivity contribution < 1.29 is 28.7 Å². The van der Waals surface area contributed by atoms with Crippen molar-refractivity contribution in [1.29, 1.82) is 0 Å². The van der Waals surface area contributed by atoms with Gasteiger partial charge in [-0.05, 0) is 0 Å². The van der Waals surface area contributed by atoms with Crippen LogP contribution in [0.3, 0.4) is 0 Å². The van der Waals surface area contributed by atoms with Gasteiger partial charge in [-0.25, -0.2) is 19.5 Å². The van der Waals surface area contributed by atoms with E-state index < -0.39 is 38.1 Å². The van der Waals surface area contributed by atoms with Crippen molar-refractivity contribution in [2.45, 2.75) is 24.4 Å². The lowest BCUT2D eigenvalue weighted by Crippen LogP contribution is -2.35. The molecule has 5 N–H and O–H groups in total. The molecule has 2 fully saturated rings. The first-order valence-corrected chi connectivity index (χ1v) is 8.33. The average molecular weight is 343 g/mol. The highest BCUT2D eigenvalue weighted by Crippen LogP contribution is 2.55. The van der Waals surface area contributed by atoms with E-state index in [1.165, 1.54) is 17.2 Å². The smallest absolute Gasteiger partial charge is 0.390 e. The number of nitrogens with two attached hydrogens (primary N) is 1. The van der Waals surface area contributed by atoms with E-state index in [1.54, 1.807) is 0 Å². The molecule has 12 heteroatoms. The topological polar surface area (TPSA) is 166 Å². The second-order valence-corrected chi connectivity index (χ2v) is 6.96. The molecule has 23 heavy (non-hydrogen) atoms. The highest BCUT2D eigenvalue weighted by molar-refractivity contribution is 7.47. The number of anilines is 1. The molecule has 4 rings (SSSR count). The number of aromatic nitrogens is 4. The second-order valence-electron chi connectivity index (χ2n) is 5.55. The van der Waals surface area contributed by atoms with E-state index >= 15 is 0 Å². The maximum atomic E-state index is 11.7. The number of fused-ring (bicyclic) bond motifs is 2. The minimum atomic E-state index is -4.23. The summed E-state index contributed by atoms with van der Waals surface area (Å²) in [7, 11) is -4.23. The van der Waals surface area contributed by atoms with Gasteiger partial charge < -0.3 is 25.4 Å². The zero-order valence-corrected chi connectivity index (χ0v) is 12.5. The molecule has 0 radical (unpaired) electrons. The van der Waals surface area contributed by atoms with Crippen molar-refractivity contribution >= 4 is 24.8 Å². The largest absolute Gasteiger partial charge is 0.472 e. The minimum absolute atomic E-state index is 0.166. The summed E-state index contributed by atoms with van der Waals surface area (Å²) in [5, 5.41) is 20.6. The van der Waals surface area contributed by atoms with Crippen LogP contribution in [0.1, 0.15) is 6.04 Å². The maximum absolute atomic E-state index is 11.7. The lowest BCUT2D eigenvalue weighted by Gasteiger charge is -2.32. The molecule has 0 aromatic carbocycles. The number of phosphoric acid groups is 1. The number of aliphatic hydroxyl groups is 2. The van der Waals surface area contributed by atoms with E-state index in [0.717, 1.165) is 0 Å². The van der Waals surface area contributed by atoms with Gasteiger partial charge in [-0.15, -0.1) is 0 Å². The monoisotopic (exact) mass is 343 g/mol. The van der Waals surface area contributed by atoms with Crippen molar-refractivity contribution in [3.8, 4) is 0 Å². The van der Waals surface area contributed by atoms with E-state index in [0.29, 0.717) is 11.2 Å². The van der Waals surface area contributed by atoms with Crippen LogP contribution in [-0.2, 0) is 13.6 Å². The van der Waals surface area contributed by atoms with Crippen LogP contribution in [0.15, 0.2) is 12.7 Å². The van der Waals surface area contributed by atoms with Crippen LogP contribution in [0, 0.1) is 5.92 Å². The van der Waals surface area contributed by atoms with Gasteiger partial charge >= 0.3 is 7.82 Å². The Kier molecular flexibility index (Phi) is 3.21. The minimum Gasteiger partial charge on any atom is -0.390 e. The molecule has 2 unspecified atom stereocenters. The molecule has 1 aliphatic heterocycles. The van der Waals surface area contributed by atoms with Gasteiger partial charge in [0.25, 0.3) is 0 Å². The number of hydrogen-bond acceptors (Lipinski definition) is 9. The Bertz CT molecular complexity index is 813. The quantitative estimate of drug-likeness (QED) is 0.463. The number of phosphoric ester groups is 1. The van der Waals surface area contributed by atoms with Crippen molar-refractivity contribution in [3.05, 3.63) is 12.7 Å². The molecule has 2 aliphatic rings. The molecular formula is C11H14N5O6P. The number of nitrogen functional groups attached to an aromatic ring is 1. The first-order chi connectivity index (χ1) is 10.9. The van der Waals surface area contributed by atoms with Crippen LogP contribution in [0.5, 0.6) is 0 Å². The van der Waals surface area contributed by atoms with Gasteiger partial charge in [0.2, 0.25) is 0 Å². The van der Waals surface area contributed by atoms with E-state index in [4.69, 9.17) is 14.8 Å². The Labute approximate surface area is 129 Å². The van der Waals surface area contributed by atoms with Crippen LogP contribution >= 0.6 is 7.82 Å². The van der Waals surface area contributed by atoms with E-state index in [2.05, 4.69) is 15.0 Å². The van der Waals surface area contributed by atoms with Crippen LogP contribution in [0.2, 0.25) is 0 Å². The predicted molar refractivity (Wildman–Crippen MR) is 74.9 cm³/mol. The Morgan fingerprint density at radius 2 is 2.09 bits per heavy atom. The zero-order chi connectivity index (χ0) is 16.4. The number of nitrogens with zero attached hydrogens (tertiary/aromatic N) is 4. The predicted octanol–water partition coefficient (Wildman–Crippen LogP) is -1.18. The fraction of sp³-hybridized carbons (Fsp3) is 0.545. The number of aliphatic hydroxyl groups excluding tert-OH is 2. The summed E-state index contributed by atoms with van der Waals surface area (Å²) in [5.41, 5.74) is 6.39. The fourth-order valence-electron chi connectivity index (χ4n) is 3.21. The fourth-order valence-corrected chi connectivity index (χ4v) is 4.22. The lowest BCUT2D eigenvalue weighted by molar-refractivity contribution is -0.0329. The van der Waals surface area contributed by atoms with Gasteiger partial charge in [0.15, 0.2) is 11.5 Å². The summed E-state index contributed by atoms with van der Waals surface area (Å²) in [6.07, 6.45) is -0.743. The first-order valence-electron chi connectivity index (χ1n) is 6.84. The third-order valence-corrected chi connectivity index (χ3v) is 5.28. The van der Waals surface area contributed by atoms with Crippen LogP contribution in [0.4, 0.5) is 5.82 Å². The number of hydrogen-bond donors (Lipinski definition) is 4. The third kappa shape index (κ3) is 2.17. The van der Waals surface area contributed by atoms with Gasteiger partial charge in [0.05, 0.1) is 25.1 Å². The van der Waals surface area contributed by atoms with Gasteiger partial charge in [-0.3, -0.25) is 9.05 Å². The molecule has 3 heterocycles. The standard InChI is InChI=1S/C11H14N5O6P/c12-10-5-11(14-2-13-10)16(3-15-5)6-8(18)7(17)4-1-21-23(19,20)22-9(4)6/h2-4,6-9,17-18H,1H2,(H,19,20)(H2,12,13,14)/t4-,6+,7-,8+,9?/m1/s1. The average Bonchev–Trinajstić information content (AvgIpc) is 3.00. The van der Waals surface area contributed by atoms with Gasteiger partial charge in [0.1, 0.15) is 24.1 Å². The molecule has 124 valence electrons. The zero-order valence-electron chi connectivity index (χ0n) is 11.6. The van der Waals surface area contributed by atoms with Crippen LogP contribution in [-0.4, -0.2) is 59.5 Å². The molecule has 2 aromatic heterocycles. The molecule has 0 amide bonds. The van der Waals surface area contributed by atoms with E-state index in [1.807, 2.05) is 0 Å². The summed E-state index contributed by atoms with van der Waals surface area (Å²) >= 11 is 0. The van der Waals surface area contributed by atoms with Crippen LogP contribution in [0.25, 0.3) is 11.2 Å². The summed E-state index contributed by atoms with van der Waals surface area (Å²) in [6.45, 7) is -0.197. The molecule has 1 aliphatic carbocycles. The molecule has 0 spiro atoms. The van der Waals surface area contributed by atoms with E-state index in [-0.39, 0.29) is 12.4 Å². The number of imidazole rings is 1. The highest BCUT2D eigenvalue weighted by atomic mass is 31.2. The summed E-state index contributed by atoms with van der Waals surface area (Å²) in [4.78, 5) is 21.5. The van der Waals surface area contributed by atoms with Crippen molar-refractivity contribution in [3.63, 3.8) is 0 Å².